The monoisotopic (exact) mass is 191 g/mol. The van der Waals surface area contributed by atoms with Gasteiger partial charge in [0.15, 0.2) is 0 Å². The lowest BCUT2D eigenvalue weighted by Gasteiger charge is -2.13. The van der Waals surface area contributed by atoms with Crippen LogP contribution in [0.15, 0.2) is 41.5 Å². The minimum Gasteiger partial charge on any atom is -0.269 e. The Hall–Kier alpha value is -1.08. The van der Waals surface area contributed by atoms with E-state index in [0.29, 0.717) is 5.92 Å². The average Bonchev–Trinajstić information content (AvgIpc) is 2.20. The van der Waals surface area contributed by atoms with E-state index in [0.717, 1.165) is 11.4 Å². The molecule has 0 spiro atoms. The fourth-order valence-electron chi connectivity index (χ4n) is 1.47. The SMILES string of the molecule is Clc1ccccc1C1C=CN=CC1. The van der Waals surface area contributed by atoms with Crippen molar-refractivity contribution in [2.45, 2.75) is 12.3 Å². The van der Waals surface area contributed by atoms with Crippen LogP contribution in [0.25, 0.3) is 0 Å². The number of nitrogens with zero attached hydrogens (tertiary/aromatic N) is 1. The maximum atomic E-state index is 6.08. The molecule has 1 atom stereocenters. The molecule has 2 rings (SSSR count). The zero-order chi connectivity index (χ0) is 9.10. The van der Waals surface area contributed by atoms with Crippen molar-refractivity contribution in [3.8, 4) is 0 Å². The minimum absolute atomic E-state index is 0.395. The van der Waals surface area contributed by atoms with Crippen molar-refractivity contribution in [2.75, 3.05) is 0 Å². The van der Waals surface area contributed by atoms with E-state index in [1.165, 1.54) is 5.56 Å². The van der Waals surface area contributed by atoms with Gasteiger partial charge in [0.2, 0.25) is 0 Å². The molecular weight excluding hydrogens is 182 g/mol. The van der Waals surface area contributed by atoms with E-state index in [4.69, 9.17) is 11.6 Å². The van der Waals surface area contributed by atoms with Gasteiger partial charge in [-0.05, 0) is 18.1 Å². The van der Waals surface area contributed by atoms with Crippen LogP contribution >= 0.6 is 11.6 Å². The van der Waals surface area contributed by atoms with Gasteiger partial charge in [0, 0.05) is 23.4 Å². The van der Waals surface area contributed by atoms with Crippen LogP contribution in [-0.4, -0.2) is 6.21 Å². The Labute approximate surface area is 82.8 Å². The number of benzene rings is 1. The van der Waals surface area contributed by atoms with E-state index in [9.17, 15) is 0 Å². The van der Waals surface area contributed by atoms with E-state index in [-0.39, 0.29) is 0 Å². The molecular formula is C11H10ClN. The minimum atomic E-state index is 0.395. The Balaban J connectivity index is 2.30. The lowest BCUT2D eigenvalue weighted by Crippen LogP contribution is -1.99. The number of allylic oxidation sites excluding steroid dienone is 1. The molecule has 0 fully saturated rings. The van der Waals surface area contributed by atoms with Gasteiger partial charge >= 0.3 is 0 Å². The first kappa shape index (κ1) is 8.52. The molecule has 1 aromatic carbocycles. The molecule has 1 heterocycles. The van der Waals surface area contributed by atoms with Crippen LogP contribution in [0.4, 0.5) is 0 Å². The van der Waals surface area contributed by atoms with Crippen molar-refractivity contribution in [1.29, 1.82) is 0 Å². The summed E-state index contributed by atoms with van der Waals surface area (Å²) in [5.41, 5.74) is 1.19. The highest BCUT2D eigenvalue weighted by Crippen LogP contribution is 2.28. The van der Waals surface area contributed by atoms with Gasteiger partial charge in [-0.3, -0.25) is 4.99 Å². The first-order valence-corrected chi connectivity index (χ1v) is 4.68. The molecule has 0 aromatic heterocycles. The Morgan fingerprint density at radius 1 is 1.31 bits per heavy atom. The zero-order valence-corrected chi connectivity index (χ0v) is 7.91. The molecule has 0 saturated heterocycles. The van der Waals surface area contributed by atoms with Gasteiger partial charge in [0.1, 0.15) is 0 Å². The summed E-state index contributed by atoms with van der Waals surface area (Å²) in [7, 11) is 0. The highest BCUT2D eigenvalue weighted by atomic mass is 35.5. The number of halogens is 1. The van der Waals surface area contributed by atoms with Crippen LogP contribution in [-0.2, 0) is 0 Å². The first-order valence-electron chi connectivity index (χ1n) is 4.30. The van der Waals surface area contributed by atoms with Gasteiger partial charge in [-0.25, -0.2) is 0 Å². The lowest BCUT2D eigenvalue weighted by molar-refractivity contribution is 0.887. The molecule has 66 valence electrons. The van der Waals surface area contributed by atoms with E-state index in [1.54, 1.807) is 0 Å². The van der Waals surface area contributed by atoms with Gasteiger partial charge in [0.25, 0.3) is 0 Å². The van der Waals surface area contributed by atoms with Crippen LogP contribution in [0.3, 0.4) is 0 Å². The van der Waals surface area contributed by atoms with Crippen LogP contribution in [0.5, 0.6) is 0 Å². The molecule has 0 amide bonds. The molecule has 0 aliphatic carbocycles. The van der Waals surface area contributed by atoms with Crippen molar-refractivity contribution >= 4 is 17.8 Å². The van der Waals surface area contributed by atoms with Crippen LogP contribution in [0.2, 0.25) is 5.02 Å². The summed E-state index contributed by atoms with van der Waals surface area (Å²) in [6.45, 7) is 0. The number of rotatable bonds is 1. The fourth-order valence-corrected chi connectivity index (χ4v) is 1.75. The van der Waals surface area contributed by atoms with Crippen molar-refractivity contribution < 1.29 is 0 Å². The molecule has 1 nitrogen and oxygen atoms in total. The quantitative estimate of drug-likeness (QED) is 0.645. The maximum absolute atomic E-state index is 6.08. The van der Waals surface area contributed by atoms with Gasteiger partial charge < -0.3 is 0 Å². The molecule has 1 aliphatic rings. The highest BCUT2D eigenvalue weighted by Gasteiger charge is 2.11. The Morgan fingerprint density at radius 2 is 2.15 bits per heavy atom. The molecule has 1 aliphatic heterocycles. The highest BCUT2D eigenvalue weighted by molar-refractivity contribution is 6.31. The molecule has 1 aromatic rings. The second-order valence-corrected chi connectivity index (χ2v) is 3.44. The van der Waals surface area contributed by atoms with Gasteiger partial charge in [0.05, 0.1) is 0 Å². The predicted molar refractivity (Wildman–Crippen MR) is 56.4 cm³/mol. The number of aliphatic imine (C=N–C) groups is 1. The van der Waals surface area contributed by atoms with E-state index < -0.39 is 0 Å². The van der Waals surface area contributed by atoms with Crippen molar-refractivity contribution in [2.24, 2.45) is 4.99 Å². The largest absolute Gasteiger partial charge is 0.269 e. The molecule has 0 radical (unpaired) electrons. The van der Waals surface area contributed by atoms with Crippen molar-refractivity contribution in [3.05, 3.63) is 47.1 Å². The molecule has 2 heteroatoms. The molecule has 0 N–H and O–H groups in total. The number of hydrogen-bond acceptors (Lipinski definition) is 1. The topological polar surface area (TPSA) is 12.4 Å². The number of hydrogen-bond donors (Lipinski definition) is 0. The Morgan fingerprint density at radius 3 is 2.85 bits per heavy atom. The van der Waals surface area contributed by atoms with Gasteiger partial charge in [-0.15, -0.1) is 0 Å². The van der Waals surface area contributed by atoms with Crippen molar-refractivity contribution in [3.63, 3.8) is 0 Å². The fraction of sp³-hybridized carbons (Fsp3) is 0.182. The summed E-state index contributed by atoms with van der Waals surface area (Å²) in [5, 5.41) is 0.840. The second kappa shape index (κ2) is 3.75. The summed E-state index contributed by atoms with van der Waals surface area (Å²) >= 11 is 6.08. The second-order valence-electron chi connectivity index (χ2n) is 3.04. The van der Waals surface area contributed by atoms with Crippen molar-refractivity contribution in [1.82, 2.24) is 0 Å². The van der Waals surface area contributed by atoms with Crippen LogP contribution < -0.4 is 0 Å². The third-order valence-corrected chi connectivity index (χ3v) is 2.52. The third-order valence-electron chi connectivity index (χ3n) is 2.17. The van der Waals surface area contributed by atoms with Gasteiger partial charge in [-0.2, -0.15) is 0 Å². The van der Waals surface area contributed by atoms with Crippen LogP contribution in [0, 0.1) is 0 Å². The third kappa shape index (κ3) is 1.81. The normalized spacial score (nSPS) is 20.5. The Kier molecular flexibility index (Phi) is 2.46. The summed E-state index contributed by atoms with van der Waals surface area (Å²) < 4.78 is 0. The summed E-state index contributed by atoms with van der Waals surface area (Å²) in [5.74, 6) is 0.395. The summed E-state index contributed by atoms with van der Waals surface area (Å²) in [6, 6.07) is 7.96. The first-order chi connectivity index (χ1) is 6.38. The zero-order valence-electron chi connectivity index (χ0n) is 7.15. The van der Waals surface area contributed by atoms with E-state index in [2.05, 4.69) is 17.1 Å². The smallest absolute Gasteiger partial charge is 0.0444 e. The van der Waals surface area contributed by atoms with Crippen LogP contribution in [0.1, 0.15) is 17.9 Å². The molecule has 1 unspecified atom stereocenters. The molecule has 0 saturated carbocycles. The standard InChI is InChI=1S/C11H10ClN/c12-11-4-2-1-3-10(11)9-5-7-13-8-6-9/h1-5,7-9H,6H2. The maximum Gasteiger partial charge on any atom is 0.0444 e. The molecule has 0 bridgehead atoms. The predicted octanol–water partition coefficient (Wildman–Crippen LogP) is 3.41. The van der Waals surface area contributed by atoms with E-state index in [1.807, 2.05) is 30.6 Å². The summed E-state index contributed by atoms with van der Waals surface area (Å²) in [4.78, 5) is 4.03. The van der Waals surface area contributed by atoms with E-state index >= 15 is 0 Å². The average molecular weight is 192 g/mol. The molecule has 13 heavy (non-hydrogen) atoms. The summed E-state index contributed by atoms with van der Waals surface area (Å²) in [6.07, 6.45) is 6.78. The van der Waals surface area contributed by atoms with Gasteiger partial charge in [-0.1, -0.05) is 35.9 Å². The lowest BCUT2D eigenvalue weighted by atomic mass is 9.95. The Bertz CT molecular complexity index is 355.